The summed E-state index contributed by atoms with van der Waals surface area (Å²) in [5.74, 6) is 0.422. The first-order chi connectivity index (χ1) is 11.6. The van der Waals surface area contributed by atoms with Crippen molar-refractivity contribution < 1.29 is 14.6 Å². The van der Waals surface area contributed by atoms with Crippen LogP contribution in [0.15, 0.2) is 36.5 Å². The number of benzene rings is 1. The molecule has 0 radical (unpaired) electrons. The number of nitrogens with one attached hydrogen (secondary N) is 1. The summed E-state index contributed by atoms with van der Waals surface area (Å²) in [5, 5.41) is 12.9. The Balaban J connectivity index is 1.60. The Kier molecular flexibility index (Phi) is 5.17. The number of amides is 1. The molecule has 24 heavy (non-hydrogen) atoms. The van der Waals surface area contributed by atoms with Crippen molar-refractivity contribution in [2.24, 2.45) is 0 Å². The molecule has 1 amide bonds. The molecule has 1 aromatic heterocycles. The number of aromatic hydroxyl groups is 1. The number of hydrogen-bond acceptors (Lipinski definition) is 5. The molecule has 6 nitrogen and oxygen atoms in total. The lowest BCUT2D eigenvalue weighted by atomic mass is 10.2. The van der Waals surface area contributed by atoms with Crippen LogP contribution in [0.1, 0.15) is 15.9 Å². The second-order valence-corrected chi connectivity index (χ2v) is 5.90. The highest BCUT2D eigenvalue weighted by Gasteiger charge is 2.13. The minimum atomic E-state index is -0.382. The van der Waals surface area contributed by atoms with Crippen LogP contribution < -0.4 is 10.2 Å². The number of halogens is 1. The van der Waals surface area contributed by atoms with Crippen molar-refractivity contribution in [3.63, 3.8) is 0 Å². The summed E-state index contributed by atoms with van der Waals surface area (Å²) in [6.07, 6.45) is 1.74. The Labute approximate surface area is 145 Å². The van der Waals surface area contributed by atoms with Gasteiger partial charge in [0.1, 0.15) is 11.6 Å². The molecule has 2 heterocycles. The maximum absolute atomic E-state index is 12.1. The maximum Gasteiger partial charge on any atom is 0.255 e. The summed E-state index contributed by atoms with van der Waals surface area (Å²) in [5.41, 5.74) is 1.03. The van der Waals surface area contributed by atoms with Gasteiger partial charge in [-0.2, -0.15) is 0 Å². The molecule has 2 aromatic rings. The molecule has 2 N–H and O–H groups in total. The molecule has 0 unspecified atom stereocenters. The fourth-order valence-corrected chi connectivity index (χ4v) is 2.64. The summed E-state index contributed by atoms with van der Waals surface area (Å²) >= 11 is 5.85. The van der Waals surface area contributed by atoms with E-state index < -0.39 is 0 Å². The Morgan fingerprint density at radius 1 is 1.29 bits per heavy atom. The monoisotopic (exact) mass is 347 g/mol. The number of aromatic nitrogens is 1. The van der Waals surface area contributed by atoms with E-state index in [0.29, 0.717) is 24.8 Å². The van der Waals surface area contributed by atoms with Crippen LogP contribution in [0.5, 0.6) is 5.75 Å². The number of pyridine rings is 1. The molecule has 0 bridgehead atoms. The van der Waals surface area contributed by atoms with E-state index in [1.165, 1.54) is 18.2 Å². The van der Waals surface area contributed by atoms with Crippen molar-refractivity contribution in [1.29, 1.82) is 0 Å². The zero-order valence-corrected chi connectivity index (χ0v) is 13.8. The Bertz CT molecular complexity index is 716. The van der Waals surface area contributed by atoms with Crippen LogP contribution in [0.25, 0.3) is 0 Å². The summed E-state index contributed by atoms with van der Waals surface area (Å²) in [4.78, 5) is 18.7. The summed E-state index contributed by atoms with van der Waals surface area (Å²) in [6.45, 7) is 3.40. The number of ether oxygens (including phenoxy) is 1. The fraction of sp³-hybridized carbons (Fsp3) is 0.294. The lowest BCUT2D eigenvalue weighted by Crippen LogP contribution is -2.36. The van der Waals surface area contributed by atoms with Crippen LogP contribution in [-0.2, 0) is 11.3 Å². The molecule has 0 atom stereocenters. The van der Waals surface area contributed by atoms with E-state index in [9.17, 15) is 9.90 Å². The third-order valence-corrected chi connectivity index (χ3v) is 4.04. The van der Waals surface area contributed by atoms with Gasteiger partial charge in [0.25, 0.3) is 5.91 Å². The Morgan fingerprint density at radius 2 is 2.08 bits per heavy atom. The minimum Gasteiger partial charge on any atom is -0.507 e. The zero-order valence-electron chi connectivity index (χ0n) is 13.0. The van der Waals surface area contributed by atoms with E-state index in [1.807, 2.05) is 12.1 Å². The second-order valence-electron chi connectivity index (χ2n) is 5.47. The van der Waals surface area contributed by atoms with E-state index >= 15 is 0 Å². The number of anilines is 1. The topological polar surface area (TPSA) is 74.7 Å². The van der Waals surface area contributed by atoms with Crippen LogP contribution in [0, 0.1) is 0 Å². The lowest BCUT2D eigenvalue weighted by molar-refractivity contribution is 0.0948. The number of phenols is 1. The molecule has 0 saturated carbocycles. The zero-order chi connectivity index (χ0) is 16.9. The first-order valence-corrected chi connectivity index (χ1v) is 8.05. The van der Waals surface area contributed by atoms with Crippen LogP contribution in [0.2, 0.25) is 5.02 Å². The van der Waals surface area contributed by atoms with Gasteiger partial charge in [-0.25, -0.2) is 4.98 Å². The fourth-order valence-electron chi connectivity index (χ4n) is 2.47. The number of phenolic OH excluding ortho intramolecular Hbond substituents is 1. The number of carbonyl (C=O) groups is 1. The van der Waals surface area contributed by atoms with Crippen molar-refractivity contribution in [2.45, 2.75) is 6.54 Å². The van der Waals surface area contributed by atoms with Crippen molar-refractivity contribution >= 4 is 23.3 Å². The smallest absolute Gasteiger partial charge is 0.255 e. The van der Waals surface area contributed by atoms with E-state index in [-0.39, 0.29) is 17.2 Å². The average molecular weight is 348 g/mol. The predicted octanol–water partition coefficient (Wildman–Crippen LogP) is 2.21. The van der Waals surface area contributed by atoms with Gasteiger partial charge in [0, 0.05) is 30.9 Å². The van der Waals surface area contributed by atoms with Crippen molar-refractivity contribution in [3.05, 3.63) is 52.7 Å². The average Bonchev–Trinajstić information content (AvgIpc) is 2.63. The number of rotatable bonds is 4. The first kappa shape index (κ1) is 16.5. The van der Waals surface area contributed by atoms with Crippen LogP contribution in [0.3, 0.4) is 0 Å². The van der Waals surface area contributed by atoms with Gasteiger partial charge in [-0.1, -0.05) is 17.7 Å². The van der Waals surface area contributed by atoms with Gasteiger partial charge in [0.05, 0.1) is 18.8 Å². The Morgan fingerprint density at radius 3 is 2.79 bits per heavy atom. The number of morpholine rings is 1. The highest BCUT2D eigenvalue weighted by Crippen LogP contribution is 2.21. The lowest BCUT2D eigenvalue weighted by Gasteiger charge is -2.27. The molecule has 1 aliphatic heterocycles. The number of carbonyl (C=O) groups excluding carboxylic acids is 1. The standard InChI is InChI=1S/C17H18ClN3O3/c18-13-2-3-15(22)14(9-13)17(23)20-11-12-1-4-16(19-10-12)21-5-7-24-8-6-21/h1-4,9-10,22H,5-8,11H2,(H,20,23). The normalized spacial score (nSPS) is 14.5. The van der Waals surface area contributed by atoms with Gasteiger partial charge in [-0.3, -0.25) is 4.79 Å². The third kappa shape index (κ3) is 3.96. The number of hydrogen-bond donors (Lipinski definition) is 2. The quantitative estimate of drug-likeness (QED) is 0.887. The molecule has 3 rings (SSSR count). The molecule has 1 aliphatic rings. The molecule has 0 aliphatic carbocycles. The highest BCUT2D eigenvalue weighted by atomic mass is 35.5. The van der Waals surface area contributed by atoms with Crippen molar-refractivity contribution in [3.8, 4) is 5.75 Å². The molecular weight excluding hydrogens is 330 g/mol. The Hall–Kier alpha value is -2.31. The maximum atomic E-state index is 12.1. The van der Waals surface area contributed by atoms with Gasteiger partial charge in [0.15, 0.2) is 0 Å². The summed E-state index contributed by atoms with van der Waals surface area (Å²) < 4.78 is 5.32. The molecule has 126 valence electrons. The summed E-state index contributed by atoms with van der Waals surface area (Å²) in [6, 6.07) is 8.23. The van der Waals surface area contributed by atoms with Gasteiger partial charge >= 0.3 is 0 Å². The van der Waals surface area contributed by atoms with Crippen molar-refractivity contribution in [1.82, 2.24) is 10.3 Å². The minimum absolute atomic E-state index is 0.0994. The first-order valence-electron chi connectivity index (χ1n) is 7.68. The predicted molar refractivity (Wildman–Crippen MR) is 91.6 cm³/mol. The van der Waals surface area contributed by atoms with Gasteiger partial charge in [0.2, 0.25) is 0 Å². The van der Waals surface area contributed by atoms with Crippen LogP contribution in [0.4, 0.5) is 5.82 Å². The van der Waals surface area contributed by atoms with E-state index in [0.717, 1.165) is 24.5 Å². The second kappa shape index (κ2) is 7.51. The molecule has 1 fully saturated rings. The van der Waals surface area contributed by atoms with Crippen LogP contribution in [-0.4, -0.2) is 42.3 Å². The molecule has 1 aromatic carbocycles. The van der Waals surface area contributed by atoms with Crippen molar-refractivity contribution in [2.75, 3.05) is 31.2 Å². The molecular formula is C17H18ClN3O3. The molecule has 0 spiro atoms. The van der Waals surface area contributed by atoms with Gasteiger partial charge in [-0.15, -0.1) is 0 Å². The van der Waals surface area contributed by atoms with Gasteiger partial charge in [-0.05, 0) is 29.8 Å². The third-order valence-electron chi connectivity index (χ3n) is 3.80. The largest absolute Gasteiger partial charge is 0.507 e. The molecule has 1 saturated heterocycles. The van der Waals surface area contributed by atoms with E-state index in [2.05, 4.69) is 15.2 Å². The summed E-state index contributed by atoms with van der Waals surface area (Å²) in [7, 11) is 0. The molecule has 7 heteroatoms. The SMILES string of the molecule is O=C(NCc1ccc(N2CCOCC2)nc1)c1cc(Cl)ccc1O. The highest BCUT2D eigenvalue weighted by molar-refractivity contribution is 6.31. The van der Waals surface area contributed by atoms with E-state index in [4.69, 9.17) is 16.3 Å². The van der Waals surface area contributed by atoms with Crippen LogP contribution >= 0.6 is 11.6 Å². The number of nitrogens with zero attached hydrogens (tertiary/aromatic N) is 2. The van der Waals surface area contributed by atoms with Gasteiger partial charge < -0.3 is 20.1 Å². The van der Waals surface area contributed by atoms with E-state index in [1.54, 1.807) is 6.20 Å².